The minimum absolute atomic E-state index is 0.00866. The van der Waals surface area contributed by atoms with Crippen molar-refractivity contribution in [1.29, 1.82) is 0 Å². The van der Waals surface area contributed by atoms with Crippen LogP contribution in [0.4, 0.5) is 0 Å². The molecule has 0 bridgehead atoms. The topological polar surface area (TPSA) is 108 Å². The number of amides is 1. The molecule has 0 saturated heterocycles. The van der Waals surface area contributed by atoms with Gasteiger partial charge >= 0.3 is 0 Å². The fourth-order valence-corrected chi connectivity index (χ4v) is 9.55. The number of carbonyl (C=O) groups is 1. The summed E-state index contributed by atoms with van der Waals surface area (Å²) in [5.74, 6) is -0.210. The van der Waals surface area contributed by atoms with E-state index in [9.17, 15) is 19.4 Å². The first-order valence-corrected chi connectivity index (χ1v) is 34.0. The number of likely N-dealkylation sites (N-methyl/N-ethyl adjacent to an activating group) is 1. The second kappa shape index (κ2) is 60.2. The lowest BCUT2D eigenvalue weighted by atomic mass is 10.0. The Balaban J connectivity index is 4.16. The molecule has 9 heteroatoms. The largest absolute Gasteiger partial charge is 0.756 e. The second-order valence-corrected chi connectivity index (χ2v) is 24.1. The highest BCUT2D eigenvalue weighted by Crippen LogP contribution is 2.38. The van der Waals surface area contributed by atoms with E-state index in [2.05, 4.69) is 141 Å². The predicted octanol–water partition coefficient (Wildman–Crippen LogP) is 20.0. The molecule has 0 aromatic rings. The van der Waals surface area contributed by atoms with Crippen LogP contribution in [0.25, 0.3) is 0 Å². The van der Waals surface area contributed by atoms with Gasteiger partial charge in [-0.2, -0.15) is 0 Å². The Morgan fingerprint density at radius 2 is 0.762 bits per heavy atom. The van der Waals surface area contributed by atoms with Gasteiger partial charge < -0.3 is 28.8 Å². The predicted molar refractivity (Wildman–Crippen MR) is 348 cm³/mol. The van der Waals surface area contributed by atoms with Gasteiger partial charge in [-0.25, -0.2) is 0 Å². The molecule has 2 N–H and O–H groups in total. The lowest BCUT2D eigenvalue weighted by molar-refractivity contribution is -0.870. The van der Waals surface area contributed by atoms with Crippen LogP contribution in [0.5, 0.6) is 0 Å². The Kier molecular flexibility index (Phi) is 57.7. The summed E-state index contributed by atoms with van der Waals surface area (Å²) in [7, 11) is 1.24. The Morgan fingerprint density at radius 3 is 1.11 bits per heavy atom. The van der Waals surface area contributed by atoms with Crippen molar-refractivity contribution in [2.24, 2.45) is 0 Å². The second-order valence-electron chi connectivity index (χ2n) is 22.7. The van der Waals surface area contributed by atoms with Crippen LogP contribution in [-0.4, -0.2) is 68.5 Å². The number of quaternary nitrogens is 1. The molecule has 3 atom stereocenters. The standard InChI is InChI=1S/C71H123N2O6P/c1-6-8-10-12-14-16-18-20-22-24-26-27-28-29-30-31-32-33-34-35-36-37-38-39-40-41-42-43-44-45-47-49-51-53-55-57-59-61-63-65-71(75)72-69(68-79-80(76,77)78-67-66-73(3,4)5)70(74)64-62-60-58-56-54-52-50-48-46-25-23-21-19-17-15-13-11-9-7-2/h8,10,14,16,20,22,26-27,29-30,32-33,35-36,38-39,41-42,44-45,62,64,69-70,74H,6-7,9,11-13,15,17-19,21,23-25,28,31,34,37,40,43,46-61,63,65-68H2,1-5H3,(H-,72,75,76,77)/b10-8-,16-14-,22-20-,27-26-,30-29-,33-32-,36-35-,39-38-,42-41-,45-44-,64-62+. The summed E-state index contributed by atoms with van der Waals surface area (Å²) < 4.78 is 23.4. The van der Waals surface area contributed by atoms with Crippen LogP contribution in [0.2, 0.25) is 0 Å². The number of carbonyl (C=O) groups excluding carboxylic acids is 1. The first-order chi connectivity index (χ1) is 39.0. The third kappa shape index (κ3) is 62.2. The maximum absolute atomic E-state index is 13.0. The van der Waals surface area contributed by atoms with Gasteiger partial charge in [0.15, 0.2) is 0 Å². The van der Waals surface area contributed by atoms with E-state index >= 15 is 0 Å². The fraction of sp³-hybridized carbons (Fsp3) is 0.676. The van der Waals surface area contributed by atoms with Crippen molar-refractivity contribution in [2.45, 2.75) is 270 Å². The SMILES string of the molecule is CC/C=C\C/C=C\C/C=C\C/C=C\C/C=C\C/C=C\C/C=C\C/C=C\C/C=C\C/C=C\CCCCCCCCCCC(=O)NC(COP(=O)([O-])OCC[N+](C)(C)C)C(O)/C=C/CCCCCCCCCCCCCCCCCCC. The first kappa shape index (κ1) is 76.6. The van der Waals surface area contributed by atoms with E-state index in [-0.39, 0.29) is 19.1 Å². The first-order valence-electron chi connectivity index (χ1n) is 32.5. The van der Waals surface area contributed by atoms with Crippen LogP contribution in [0, 0.1) is 0 Å². The quantitative estimate of drug-likeness (QED) is 0.0272. The minimum Gasteiger partial charge on any atom is -0.756 e. The molecule has 0 aromatic carbocycles. The van der Waals surface area contributed by atoms with Gasteiger partial charge in [-0.05, 0) is 96.3 Å². The number of aliphatic hydroxyl groups excluding tert-OH is 1. The lowest BCUT2D eigenvalue weighted by Gasteiger charge is -2.29. The van der Waals surface area contributed by atoms with Crippen LogP contribution in [-0.2, 0) is 18.4 Å². The molecule has 0 aromatic heterocycles. The summed E-state index contributed by atoms with van der Waals surface area (Å²) in [6.07, 6.45) is 91.1. The number of phosphoric acid groups is 1. The number of unbranched alkanes of at least 4 members (excludes halogenated alkanes) is 25. The van der Waals surface area contributed by atoms with Gasteiger partial charge in [0, 0.05) is 6.42 Å². The van der Waals surface area contributed by atoms with Crippen LogP contribution >= 0.6 is 7.82 Å². The summed E-state index contributed by atoms with van der Waals surface area (Å²) in [6.45, 7) is 4.53. The number of phosphoric ester groups is 1. The molecule has 0 radical (unpaired) electrons. The molecular weight excluding hydrogens is 1010 g/mol. The Labute approximate surface area is 494 Å². The van der Waals surface area contributed by atoms with Crippen molar-refractivity contribution >= 4 is 13.7 Å². The molecule has 0 aliphatic rings. The van der Waals surface area contributed by atoms with Crippen molar-refractivity contribution in [3.8, 4) is 0 Å². The molecule has 0 saturated carbocycles. The maximum Gasteiger partial charge on any atom is 0.268 e. The van der Waals surface area contributed by atoms with Gasteiger partial charge in [-0.15, -0.1) is 0 Å². The van der Waals surface area contributed by atoms with Crippen molar-refractivity contribution in [3.63, 3.8) is 0 Å². The van der Waals surface area contributed by atoms with Crippen molar-refractivity contribution in [2.75, 3.05) is 40.9 Å². The average molecular weight is 1130 g/mol. The molecule has 458 valence electrons. The van der Waals surface area contributed by atoms with Crippen molar-refractivity contribution in [1.82, 2.24) is 5.32 Å². The minimum atomic E-state index is -4.61. The van der Waals surface area contributed by atoms with E-state index in [0.29, 0.717) is 17.4 Å². The molecule has 1 amide bonds. The summed E-state index contributed by atoms with van der Waals surface area (Å²) in [5, 5.41) is 13.9. The van der Waals surface area contributed by atoms with Gasteiger partial charge in [0.1, 0.15) is 13.2 Å². The summed E-state index contributed by atoms with van der Waals surface area (Å²) in [5.41, 5.74) is 0. The number of allylic oxidation sites excluding steroid dienone is 21. The number of hydrogen-bond acceptors (Lipinski definition) is 6. The fourth-order valence-electron chi connectivity index (χ4n) is 8.83. The van der Waals surface area contributed by atoms with Gasteiger partial charge in [0.2, 0.25) is 5.91 Å². The third-order valence-corrected chi connectivity index (χ3v) is 14.8. The van der Waals surface area contributed by atoms with Crippen molar-refractivity contribution in [3.05, 3.63) is 134 Å². The van der Waals surface area contributed by atoms with E-state index in [1.54, 1.807) is 6.08 Å². The number of aliphatic hydroxyl groups is 1. The summed E-state index contributed by atoms with van der Waals surface area (Å²) in [6, 6.07) is -0.901. The number of nitrogens with zero attached hydrogens (tertiary/aromatic N) is 1. The Bertz CT molecular complexity index is 1760. The normalized spacial score (nSPS) is 14.6. The highest BCUT2D eigenvalue weighted by Gasteiger charge is 2.23. The van der Waals surface area contributed by atoms with E-state index in [1.807, 2.05) is 27.2 Å². The molecule has 0 fully saturated rings. The van der Waals surface area contributed by atoms with Gasteiger partial charge in [-0.1, -0.05) is 289 Å². The number of hydrogen-bond donors (Lipinski definition) is 2. The molecule has 8 nitrogen and oxygen atoms in total. The highest BCUT2D eigenvalue weighted by atomic mass is 31.2. The Morgan fingerprint density at radius 1 is 0.450 bits per heavy atom. The summed E-state index contributed by atoms with van der Waals surface area (Å²) >= 11 is 0. The van der Waals surface area contributed by atoms with E-state index in [1.165, 1.54) is 122 Å². The zero-order chi connectivity index (χ0) is 58.4. The molecule has 3 unspecified atom stereocenters. The third-order valence-electron chi connectivity index (χ3n) is 13.9. The number of rotatable bonds is 58. The van der Waals surface area contributed by atoms with Crippen LogP contribution < -0.4 is 10.2 Å². The molecule has 0 aliphatic heterocycles. The highest BCUT2D eigenvalue weighted by molar-refractivity contribution is 7.45. The van der Waals surface area contributed by atoms with Crippen LogP contribution in [0.15, 0.2) is 134 Å². The molecule has 0 aliphatic carbocycles. The van der Waals surface area contributed by atoms with E-state index in [4.69, 9.17) is 9.05 Å². The zero-order valence-corrected chi connectivity index (χ0v) is 53.1. The van der Waals surface area contributed by atoms with Crippen molar-refractivity contribution < 1.29 is 32.9 Å². The summed E-state index contributed by atoms with van der Waals surface area (Å²) in [4.78, 5) is 25.6. The molecular formula is C71H123N2O6P. The van der Waals surface area contributed by atoms with Crippen LogP contribution in [0.1, 0.15) is 258 Å². The molecule has 80 heavy (non-hydrogen) atoms. The smallest absolute Gasteiger partial charge is 0.268 e. The molecule has 0 spiro atoms. The van der Waals surface area contributed by atoms with Gasteiger partial charge in [-0.3, -0.25) is 9.36 Å². The van der Waals surface area contributed by atoms with E-state index in [0.717, 1.165) is 116 Å². The van der Waals surface area contributed by atoms with Crippen LogP contribution in [0.3, 0.4) is 0 Å². The molecule has 0 rings (SSSR count). The monoisotopic (exact) mass is 1130 g/mol. The van der Waals surface area contributed by atoms with Gasteiger partial charge in [0.25, 0.3) is 7.82 Å². The van der Waals surface area contributed by atoms with Gasteiger partial charge in [0.05, 0.1) is 39.9 Å². The average Bonchev–Trinajstić information content (AvgIpc) is 3.42. The molecule has 0 heterocycles. The Hall–Kier alpha value is -3.36. The lowest BCUT2D eigenvalue weighted by Crippen LogP contribution is -2.45. The zero-order valence-electron chi connectivity index (χ0n) is 52.2. The van der Waals surface area contributed by atoms with E-state index < -0.39 is 20.0 Å². The number of nitrogens with one attached hydrogen (secondary N) is 1. The maximum atomic E-state index is 13.0.